The molecule has 0 atom stereocenters. The van der Waals surface area contributed by atoms with Crippen LogP contribution in [0.4, 0.5) is 0 Å². The molecule has 0 bridgehead atoms. The number of hydrogen-bond acceptors (Lipinski definition) is 8. The van der Waals surface area contributed by atoms with Crippen molar-refractivity contribution in [3.63, 3.8) is 0 Å². The Labute approximate surface area is 161 Å². The number of pyridine rings is 1. The first-order valence-corrected chi connectivity index (χ1v) is 8.47. The molecule has 2 aromatic heterocycles. The number of aromatic nitrogens is 3. The fourth-order valence-electron chi connectivity index (χ4n) is 2.56. The van der Waals surface area contributed by atoms with Crippen molar-refractivity contribution in [3.05, 3.63) is 48.1 Å². The van der Waals surface area contributed by atoms with Gasteiger partial charge in [0.05, 0.1) is 26.9 Å². The van der Waals surface area contributed by atoms with Crippen molar-refractivity contribution in [2.45, 2.75) is 6.42 Å². The van der Waals surface area contributed by atoms with Gasteiger partial charge in [-0.15, -0.1) is 10.2 Å². The lowest BCUT2D eigenvalue weighted by Gasteiger charge is -2.14. The van der Waals surface area contributed by atoms with Crippen molar-refractivity contribution in [2.24, 2.45) is 0 Å². The van der Waals surface area contributed by atoms with Crippen molar-refractivity contribution in [1.29, 1.82) is 0 Å². The number of hydrogen-bond donors (Lipinski definition) is 1. The lowest BCUT2D eigenvalue weighted by molar-refractivity contribution is 0.0952. The van der Waals surface area contributed by atoms with E-state index in [0.717, 1.165) is 5.56 Å². The monoisotopic (exact) mass is 384 g/mol. The predicted octanol–water partition coefficient (Wildman–Crippen LogP) is 2.13. The Kier molecular flexibility index (Phi) is 6.05. The summed E-state index contributed by atoms with van der Waals surface area (Å²) in [7, 11) is 4.49. The van der Waals surface area contributed by atoms with Gasteiger partial charge in [-0.3, -0.25) is 9.78 Å². The molecule has 1 N–H and O–H groups in total. The van der Waals surface area contributed by atoms with E-state index in [1.807, 2.05) is 6.07 Å². The molecule has 0 aliphatic carbocycles. The number of amides is 1. The Balaban J connectivity index is 1.63. The molecule has 3 aromatic rings. The van der Waals surface area contributed by atoms with Crippen LogP contribution < -0.4 is 19.5 Å². The zero-order chi connectivity index (χ0) is 19.9. The Morgan fingerprint density at radius 1 is 1.11 bits per heavy atom. The van der Waals surface area contributed by atoms with Crippen molar-refractivity contribution < 1.29 is 23.4 Å². The summed E-state index contributed by atoms with van der Waals surface area (Å²) in [5, 5.41) is 10.8. The van der Waals surface area contributed by atoms with Gasteiger partial charge in [-0.05, 0) is 24.3 Å². The minimum Gasteiger partial charge on any atom is -0.493 e. The summed E-state index contributed by atoms with van der Waals surface area (Å²) in [5.41, 5.74) is 1.12. The minimum absolute atomic E-state index is 0.286. The van der Waals surface area contributed by atoms with Gasteiger partial charge in [-0.1, -0.05) is 0 Å². The number of nitrogens with one attached hydrogen (secondary N) is 1. The van der Waals surface area contributed by atoms with Crippen LogP contribution in [0, 0.1) is 0 Å². The first-order valence-electron chi connectivity index (χ1n) is 8.47. The first-order chi connectivity index (χ1) is 13.7. The van der Waals surface area contributed by atoms with E-state index < -0.39 is 0 Å². The van der Waals surface area contributed by atoms with Crippen LogP contribution in [0.1, 0.15) is 16.2 Å². The molecule has 0 fully saturated rings. The molecule has 0 saturated carbocycles. The highest BCUT2D eigenvalue weighted by Crippen LogP contribution is 2.38. The number of carbonyl (C=O) groups is 1. The third kappa shape index (κ3) is 4.20. The topological polar surface area (TPSA) is 109 Å². The van der Waals surface area contributed by atoms with Crippen LogP contribution in [0.5, 0.6) is 17.2 Å². The number of nitrogens with zero attached hydrogens (tertiary/aromatic N) is 3. The third-order valence-electron chi connectivity index (χ3n) is 3.93. The summed E-state index contributed by atoms with van der Waals surface area (Å²) in [6, 6.07) is 6.79. The maximum atomic E-state index is 12.5. The van der Waals surface area contributed by atoms with Gasteiger partial charge in [0.1, 0.15) is 0 Å². The van der Waals surface area contributed by atoms with E-state index in [9.17, 15) is 4.79 Å². The van der Waals surface area contributed by atoms with E-state index in [2.05, 4.69) is 20.5 Å². The zero-order valence-corrected chi connectivity index (χ0v) is 15.8. The molecule has 2 heterocycles. The molecule has 0 saturated heterocycles. The van der Waals surface area contributed by atoms with E-state index in [0.29, 0.717) is 47.6 Å². The summed E-state index contributed by atoms with van der Waals surface area (Å²) in [6.07, 6.45) is 3.70. The number of ether oxygens (including phenoxy) is 3. The number of benzene rings is 1. The maximum Gasteiger partial charge on any atom is 0.251 e. The zero-order valence-electron chi connectivity index (χ0n) is 15.8. The molecule has 28 heavy (non-hydrogen) atoms. The lowest BCUT2D eigenvalue weighted by Crippen LogP contribution is -2.25. The van der Waals surface area contributed by atoms with Gasteiger partial charge < -0.3 is 23.9 Å². The van der Waals surface area contributed by atoms with Gasteiger partial charge >= 0.3 is 0 Å². The van der Waals surface area contributed by atoms with Gasteiger partial charge in [0, 0.05) is 30.9 Å². The van der Waals surface area contributed by atoms with Crippen LogP contribution in [0.3, 0.4) is 0 Å². The molecule has 146 valence electrons. The van der Waals surface area contributed by atoms with Crippen LogP contribution in [-0.2, 0) is 6.42 Å². The molecule has 9 heteroatoms. The fourth-order valence-corrected chi connectivity index (χ4v) is 2.56. The highest BCUT2D eigenvalue weighted by Gasteiger charge is 2.17. The predicted molar refractivity (Wildman–Crippen MR) is 99.7 cm³/mol. The van der Waals surface area contributed by atoms with Crippen molar-refractivity contribution >= 4 is 5.91 Å². The van der Waals surface area contributed by atoms with Crippen LogP contribution in [-0.4, -0.2) is 49.0 Å². The Morgan fingerprint density at radius 2 is 1.86 bits per heavy atom. The van der Waals surface area contributed by atoms with Crippen LogP contribution in [0.15, 0.2) is 41.1 Å². The van der Waals surface area contributed by atoms with Crippen molar-refractivity contribution in [1.82, 2.24) is 20.5 Å². The summed E-state index contributed by atoms with van der Waals surface area (Å²) >= 11 is 0. The second kappa shape index (κ2) is 8.85. The van der Waals surface area contributed by atoms with E-state index >= 15 is 0 Å². The molecule has 0 aliphatic heterocycles. The molecule has 1 aromatic carbocycles. The normalized spacial score (nSPS) is 10.4. The highest BCUT2D eigenvalue weighted by atomic mass is 16.5. The fraction of sp³-hybridized carbons (Fsp3) is 0.263. The van der Waals surface area contributed by atoms with Crippen LogP contribution in [0.2, 0.25) is 0 Å². The van der Waals surface area contributed by atoms with Gasteiger partial charge in [-0.2, -0.15) is 0 Å². The van der Waals surface area contributed by atoms with Crippen LogP contribution >= 0.6 is 0 Å². The lowest BCUT2D eigenvalue weighted by atomic mass is 10.1. The molecule has 0 radical (unpaired) electrons. The average molecular weight is 384 g/mol. The van der Waals surface area contributed by atoms with Gasteiger partial charge in [0.25, 0.3) is 5.91 Å². The Morgan fingerprint density at radius 3 is 2.46 bits per heavy atom. The van der Waals surface area contributed by atoms with E-state index in [1.165, 1.54) is 21.3 Å². The molecule has 1 amide bonds. The van der Waals surface area contributed by atoms with Crippen molar-refractivity contribution in [2.75, 3.05) is 27.9 Å². The number of carbonyl (C=O) groups excluding carboxylic acids is 1. The second-order valence-electron chi connectivity index (χ2n) is 5.66. The minimum atomic E-state index is -0.286. The third-order valence-corrected chi connectivity index (χ3v) is 3.93. The van der Waals surface area contributed by atoms with Crippen molar-refractivity contribution in [3.8, 4) is 28.7 Å². The van der Waals surface area contributed by atoms with Gasteiger partial charge in [-0.25, -0.2) is 0 Å². The highest BCUT2D eigenvalue weighted by molar-refractivity contribution is 5.95. The SMILES string of the molecule is COc1cc(C(=O)NCCc2nnc(-c3cccnc3)o2)cc(OC)c1OC. The molecule has 0 unspecified atom stereocenters. The Bertz CT molecular complexity index is 918. The average Bonchev–Trinajstić information content (AvgIpc) is 3.22. The quantitative estimate of drug-likeness (QED) is 0.629. The summed E-state index contributed by atoms with van der Waals surface area (Å²) in [6.45, 7) is 0.324. The first kappa shape index (κ1) is 19.2. The summed E-state index contributed by atoms with van der Waals surface area (Å²) in [5.74, 6) is 1.76. The van der Waals surface area contributed by atoms with Gasteiger partial charge in [0.15, 0.2) is 11.5 Å². The molecule has 0 spiro atoms. The molecule has 0 aliphatic rings. The van der Waals surface area contributed by atoms with E-state index in [1.54, 1.807) is 30.6 Å². The summed E-state index contributed by atoms with van der Waals surface area (Å²) < 4.78 is 21.4. The molecular weight excluding hydrogens is 364 g/mol. The van der Waals surface area contributed by atoms with E-state index in [4.69, 9.17) is 18.6 Å². The number of rotatable bonds is 8. The standard InChI is InChI=1S/C19H20N4O5/c1-25-14-9-13(10-15(26-2)17(14)27-3)18(24)21-8-6-16-22-23-19(28-16)12-5-4-7-20-11-12/h4-5,7,9-11H,6,8H2,1-3H3,(H,21,24). The largest absolute Gasteiger partial charge is 0.493 e. The molecular formula is C19H20N4O5. The smallest absolute Gasteiger partial charge is 0.251 e. The Hall–Kier alpha value is -3.62. The summed E-state index contributed by atoms with van der Waals surface area (Å²) in [4.78, 5) is 16.5. The molecule has 9 nitrogen and oxygen atoms in total. The number of methoxy groups -OCH3 is 3. The van der Waals surface area contributed by atoms with Gasteiger partial charge in [0.2, 0.25) is 17.5 Å². The maximum absolute atomic E-state index is 12.5. The van der Waals surface area contributed by atoms with Crippen LogP contribution in [0.25, 0.3) is 11.5 Å². The second-order valence-corrected chi connectivity index (χ2v) is 5.66. The van der Waals surface area contributed by atoms with E-state index in [-0.39, 0.29) is 5.91 Å². The molecule has 3 rings (SSSR count).